The van der Waals surface area contributed by atoms with Gasteiger partial charge in [0, 0.05) is 6.92 Å². The van der Waals surface area contributed by atoms with Crippen molar-refractivity contribution in [2.24, 2.45) is 0 Å². The highest BCUT2D eigenvalue weighted by Crippen LogP contribution is 2.34. The van der Waals surface area contributed by atoms with Gasteiger partial charge in [-0.2, -0.15) is 0 Å². The van der Waals surface area contributed by atoms with Gasteiger partial charge in [0.15, 0.2) is 11.7 Å². The maximum absolute atomic E-state index is 12.4. The number of esters is 1. The summed E-state index contributed by atoms with van der Waals surface area (Å²) < 4.78 is 10.2. The Balaban J connectivity index is 1.98. The Hall–Kier alpha value is -2.52. The molecule has 0 aromatic heterocycles. The Morgan fingerprint density at radius 1 is 1.36 bits per heavy atom. The number of carbonyl (C=O) groups is 4. The summed E-state index contributed by atoms with van der Waals surface area (Å²) in [5.74, 6) is -1.49. The van der Waals surface area contributed by atoms with E-state index in [1.54, 1.807) is 30.3 Å². The normalized spacial score (nSPS) is 19.2. The Morgan fingerprint density at radius 2 is 2.04 bits per heavy atom. The van der Waals surface area contributed by atoms with Gasteiger partial charge >= 0.3 is 5.97 Å². The number of nitrogens with zero attached hydrogens (tertiary/aromatic N) is 1. The molecular formula is C18H19ClN2O6S. The van der Waals surface area contributed by atoms with Gasteiger partial charge in [-0.25, -0.2) is 4.79 Å². The van der Waals surface area contributed by atoms with Crippen LogP contribution >= 0.6 is 23.4 Å². The van der Waals surface area contributed by atoms with E-state index in [0.717, 1.165) is 16.7 Å². The van der Waals surface area contributed by atoms with Gasteiger partial charge in [0.1, 0.15) is 23.8 Å². The van der Waals surface area contributed by atoms with E-state index in [1.165, 1.54) is 13.0 Å². The molecule has 28 heavy (non-hydrogen) atoms. The van der Waals surface area contributed by atoms with Gasteiger partial charge in [-0.1, -0.05) is 54.2 Å². The third-order valence-electron chi connectivity index (χ3n) is 3.58. The van der Waals surface area contributed by atoms with E-state index < -0.39 is 34.7 Å². The van der Waals surface area contributed by atoms with Crippen LogP contribution in [0.3, 0.4) is 0 Å². The molecule has 1 aliphatic heterocycles. The highest BCUT2D eigenvalue weighted by molar-refractivity contribution is 8.14. The van der Waals surface area contributed by atoms with Crippen molar-refractivity contribution in [3.05, 3.63) is 43.0 Å². The topological polar surface area (TPSA) is 102 Å². The fourth-order valence-corrected chi connectivity index (χ4v) is 3.71. The molecule has 2 rings (SSSR count). The van der Waals surface area contributed by atoms with Crippen LogP contribution in [0.2, 0.25) is 0 Å². The average Bonchev–Trinajstić information content (AvgIpc) is 2.68. The van der Waals surface area contributed by atoms with Gasteiger partial charge in [0.2, 0.25) is 5.50 Å². The number of thioether (sulfide) groups is 1. The largest absolute Gasteiger partial charge is 0.484 e. The van der Waals surface area contributed by atoms with E-state index in [-0.39, 0.29) is 18.3 Å². The number of hydrogen-bond acceptors (Lipinski definition) is 7. The van der Waals surface area contributed by atoms with Crippen LogP contribution in [-0.4, -0.2) is 57.9 Å². The maximum Gasteiger partial charge on any atom is 0.344 e. The number of rotatable bonds is 9. The number of β-lactam (4-membered cyclic amide) rings is 1. The zero-order valence-corrected chi connectivity index (χ0v) is 16.6. The van der Waals surface area contributed by atoms with Crippen molar-refractivity contribution in [3.8, 4) is 5.75 Å². The Labute approximate surface area is 171 Å². The van der Waals surface area contributed by atoms with Crippen LogP contribution in [0, 0.1) is 0 Å². The number of benzene rings is 1. The SMILES string of the molecule is C=CCOC(=O)C(Cl)N1C(=O)[C@H](NC(=O)COc2ccccc2)[C@@H]1SC(C)=O. The summed E-state index contributed by atoms with van der Waals surface area (Å²) >= 11 is 6.80. The molecule has 1 saturated heterocycles. The third-order valence-corrected chi connectivity index (χ3v) is 5.04. The molecule has 2 amide bonds. The second kappa shape index (κ2) is 10.1. The predicted molar refractivity (Wildman–Crippen MR) is 104 cm³/mol. The molecular weight excluding hydrogens is 408 g/mol. The lowest BCUT2D eigenvalue weighted by Crippen LogP contribution is -2.72. The van der Waals surface area contributed by atoms with Crippen LogP contribution in [0.25, 0.3) is 0 Å². The minimum absolute atomic E-state index is 0.0639. The summed E-state index contributed by atoms with van der Waals surface area (Å²) in [5, 5.41) is 1.37. The van der Waals surface area contributed by atoms with Crippen LogP contribution in [0.4, 0.5) is 0 Å². The molecule has 8 nitrogen and oxygen atoms in total. The number of nitrogens with one attached hydrogen (secondary N) is 1. The molecule has 0 radical (unpaired) electrons. The lowest BCUT2D eigenvalue weighted by Gasteiger charge is -2.47. The molecule has 0 aliphatic carbocycles. The molecule has 1 N–H and O–H groups in total. The molecule has 1 aromatic rings. The summed E-state index contributed by atoms with van der Waals surface area (Å²) in [6.07, 6.45) is 1.36. The number of ether oxygens (including phenoxy) is 2. The second-order valence-corrected chi connectivity index (χ2v) is 7.35. The van der Waals surface area contributed by atoms with Crippen molar-refractivity contribution in [1.29, 1.82) is 0 Å². The first kappa shape index (κ1) is 21.8. The van der Waals surface area contributed by atoms with Gasteiger partial charge < -0.3 is 14.8 Å². The highest BCUT2D eigenvalue weighted by Gasteiger charge is 2.53. The van der Waals surface area contributed by atoms with Gasteiger partial charge in [-0.05, 0) is 12.1 Å². The fraction of sp³-hybridized carbons (Fsp3) is 0.333. The first-order chi connectivity index (χ1) is 13.3. The van der Waals surface area contributed by atoms with Crippen LogP contribution in [0.5, 0.6) is 5.75 Å². The molecule has 150 valence electrons. The van der Waals surface area contributed by atoms with Crippen molar-refractivity contribution in [1.82, 2.24) is 10.2 Å². The van der Waals surface area contributed by atoms with E-state index in [1.807, 2.05) is 0 Å². The van der Waals surface area contributed by atoms with E-state index in [4.69, 9.17) is 21.1 Å². The summed E-state index contributed by atoms with van der Waals surface area (Å²) in [6.45, 7) is 4.35. The Kier molecular flexibility index (Phi) is 7.89. The summed E-state index contributed by atoms with van der Waals surface area (Å²) in [6, 6.07) is 7.68. The lowest BCUT2D eigenvalue weighted by atomic mass is 10.1. The third kappa shape index (κ3) is 5.49. The standard InChI is InChI=1S/C18H19ClN2O6S/c1-3-9-26-18(25)15(19)21-16(24)14(17(21)28-11(2)22)20-13(23)10-27-12-7-5-4-6-8-12/h3-8,14-15,17H,1,9-10H2,2H3,(H,20,23)/t14-,15?,17-/m0/s1. The smallest absolute Gasteiger partial charge is 0.344 e. The van der Waals surface area contributed by atoms with Gasteiger partial charge in [0.05, 0.1) is 0 Å². The lowest BCUT2D eigenvalue weighted by molar-refractivity contribution is -0.160. The van der Waals surface area contributed by atoms with E-state index >= 15 is 0 Å². The molecule has 1 aliphatic rings. The van der Waals surface area contributed by atoms with Crippen molar-refractivity contribution in [3.63, 3.8) is 0 Å². The molecule has 1 aromatic carbocycles. The van der Waals surface area contributed by atoms with Crippen molar-refractivity contribution >= 4 is 46.3 Å². The molecule has 3 atom stereocenters. The van der Waals surface area contributed by atoms with Crippen LogP contribution in [-0.2, 0) is 23.9 Å². The number of likely N-dealkylation sites (tertiary alicyclic amines) is 1. The van der Waals surface area contributed by atoms with Crippen LogP contribution < -0.4 is 10.1 Å². The predicted octanol–water partition coefficient (Wildman–Crippen LogP) is 1.29. The Bertz CT molecular complexity index is 760. The van der Waals surface area contributed by atoms with Gasteiger partial charge in [0.25, 0.3) is 11.8 Å². The molecule has 1 unspecified atom stereocenters. The van der Waals surface area contributed by atoms with Crippen molar-refractivity contribution in [2.45, 2.75) is 23.8 Å². The average molecular weight is 427 g/mol. The summed E-state index contributed by atoms with van der Waals surface area (Å²) in [4.78, 5) is 49.0. The Morgan fingerprint density at radius 3 is 2.64 bits per heavy atom. The van der Waals surface area contributed by atoms with E-state index in [0.29, 0.717) is 5.75 Å². The minimum atomic E-state index is -1.42. The monoisotopic (exact) mass is 426 g/mol. The quantitative estimate of drug-likeness (QED) is 0.209. The first-order valence-corrected chi connectivity index (χ1v) is 9.55. The number of amides is 2. The van der Waals surface area contributed by atoms with Gasteiger partial charge in [-0.15, -0.1) is 0 Å². The van der Waals surface area contributed by atoms with Gasteiger partial charge in [-0.3, -0.25) is 19.3 Å². The zero-order valence-electron chi connectivity index (χ0n) is 15.0. The number of alkyl halides is 1. The number of halogens is 1. The summed E-state index contributed by atoms with van der Waals surface area (Å²) in [5.41, 5.74) is -1.42. The molecule has 1 fully saturated rings. The second-order valence-electron chi connectivity index (χ2n) is 5.65. The molecule has 0 saturated carbocycles. The minimum Gasteiger partial charge on any atom is -0.484 e. The molecule has 1 heterocycles. The van der Waals surface area contributed by atoms with Crippen molar-refractivity contribution < 1.29 is 28.7 Å². The molecule has 10 heteroatoms. The highest BCUT2D eigenvalue weighted by atomic mass is 35.5. The number of hydrogen-bond donors (Lipinski definition) is 1. The maximum atomic E-state index is 12.4. The fourth-order valence-electron chi connectivity index (χ4n) is 2.36. The number of carbonyl (C=O) groups excluding carboxylic acids is 4. The van der Waals surface area contributed by atoms with E-state index in [2.05, 4.69) is 11.9 Å². The molecule has 0 bridgehead atoms. The van der Waals surface area contributed by atoms with Crippen LogP contribution in [0.15, 0.2) is 43.0 Å². The van der Waals surface area contributed by atoms with E-state index in [9.17, 15) is 19.2 Å². The summed E-state index contributed by atoms with van der Waals surface area (Å²) in [7, 11) is 0. The molecule has 0 spiro atoms. The first-order valence-electron chi connectivity index (χ1n) is 8.23. The van der Waals surface area contributed by atoms with Crippen LogP contribution in [0.1, 0.15) is 6.92 Å². The number of para-hydroxylation sites is 1. The zero-order chi connectivity index (χ0) is 20.7. The van der Waals surface area contributed by atoms with Crippen molar-refractivity contribution in [2.75, 3.05) is 13.2 Å².